The van der Waals surface area contributed by atoms with Gasteiger partial charge in [0.05, 0.1) is 6.26 Å². The predicted octanol–water partition coefficient (Wildman–Crippen LogP) is 3.02. The zero-order valence-electron chi connectivity index (χ0n) is 9.40. The SMILES string of the molecule is CCC(N)C/C(=C\O)c1ccc(C)cc1. The van der Waals surface area contributed by atoms with Crippen LogP contribution in [0.2, 0.25) is 0 Å². The van der Waals surface area contributed by atoms with Crippen molar-refractivity contribution in [1.29, 1.82) is 0 Å². The van der Waals surface area contributed by atoms with Gasteiger partial charge in [-0.1, -0.05) is 36.8 Å². The van der Waals surface area contributed by atoms with E-state index >= 15 is 0 Å². The van der Waals surface area contributed by atoms with Crippen molar-refractivity contribution in [3.63, 3.8) is 0 Å². The molecule has 2 heteroatoms. The molecular weight excluding hydrogens is 186 g/mol. The number of nitrogens with two attached hydrogens (primary N) is 1. The second-order valence-corrected chi connectivity index (χ2v) is 3.89. The predicted molar refractivity (Wildman–Crippen MR) is 64.7 cm³/mol. The Hall–Kier alpha value is -1.28. The highest BCUT2D eigenvalue weighted by molar-refractivity contribution is 5.65. The number of hydrogen-bond acceptors (Lipinski definition) is 2. The molecule has 2 nitrogen and oxygen atoms in total. The molecule has 82 valence electrons. The summed E-state index contributed by atoms with van der Waals surface area (Å²) in [5, 5.41) is 9.18. The van der Waals surface area contributed by atoms with Crippen LogP contribution in [-0.2, 0) is 0 Å². The van der Waals surface area contributed by atoms with Gasteiger partial charge in [-0.3, -0.25) is 0 Å². The number of hydrogen-bond donors (Lipinski definition) is 2. The van der Waals surface area contributed by atoms with Gasteiger partial charge in [-0.05, 0) is 30.9 Å². The van der Waals surface area contributed by atoms with Crippen molar-refractivity contribution in [1.82, 2.24) is 0 Å². The van der Waals surface area contributed by atoms with E-state index in [4.69, 9.17) is 5.73 Å². The monoisotopic (exact) mass is 205 g/mol. The van der Waals surface area contributed by atoms with Crippen LogP contribution in [0.1, 0.15) is 30.9 Å². The lowest BCUT2D eigenvalue weighted by molar-refractivity contribution is 0.472. The van der Waals surface area contributed by atoms with Crippen LogP contribution in [0, 0.1) is 6.92 Å². The van der Waals surface area contributed by atoms with Crippen LogP contribution >= 0.6 is 0 Å². The minimum Gasteiger partial charge on any atom is -0.515 e. The Morgan fingerprint density at radius 2 is 2.00 bits per heavy atom. The van der Waals surface area contributed by atoms with E-state index in [0.717, 1.165) is 24.0 Å². The lowest BCUT2D eigenvalue weighted by atomic mass is 9.98. The molecule has 0 bridgehead atoms. The van der Waals surface area contributed by atoms with Crippen molar-refractivity contribution < 1.29 is 5.11 Å². The van der Waals surface area contributed by atoms with Crippen molar-refractivity contribution >= 4 is 5.57 Å². The van der Waals surface area contributed by atoms with E-state index in [1.54, 1.807) is 0 Å². The van der Waals surface area contributed by atoms with Gasteiger partial charge in [-0.2, -0.15) is 0 Å². The Morgan fingerprint density at radius 1 is 1.40 bits per heavy atom. The number of aryl methyl sites for hydroxylation is 1. The van der Waals surface area contributed by atoms with Gasteiger partial charge in [0.25, 0.3) is 0 Å². The van der Waals surface area contributed by atoms with E-state index in [-0.39, 0.29) is 6.04 Å². The van der Waals surface area contributed by atoms with Crippen molar-refractivity contribution in [2.24, 2.45) is 5.73 Å². The molecule has 15 heavy (non-hydrogen) atoms. The molecule has 1 unspecified atom stereocenters. The highest BCUT2D eigenvalue weighted by Crippen LogP contribution is 2.20. The molecule has 1 aromatic rings. The fourth-order valence-corrected chi connectivity index (χ4v) is 1.44. The summed E-state index contributed by atoms with van der Waals surface area (Å²) in [5.41, 5.74) is 9.04. The first kappa shape index (κ1) is 11.8. The molecule has 0 spiro atoms. The number of benzene rings is 1. The second kappa shape index (κ2) is 5.56. The molecule has 0 aromatic heterocycles. The standard InChI is InChI=1S/C13H19NO/c1-3-13(14)8-12(9-15)11-6-4-10(2)5-7-11/h4-7,9,13,15H,3,8,14H2,1-2H3/b12-9+. The van der Waals surface area contributed by atoms with Crippen LogP contribution in [0.5, 0.6) is 0 Å². The molecule has 0 saturated heterocycles. The van der Waals surface area contributed by atoms with Gasteiger partial charge in [0.2, 0.25) is 0 Å². The average molecular weight is 205 g/mol. The maximum absolute atomic E-state index is 9.18. The first-order valence-corrected chi connectivity index (χ1v) is 5.33. The van der Waals surface area contributed by atoms with Gasteiger partial charge in [0.15, 0.2) is 0 Å². The minimum absolute atomic E-state index is 0.115. The van der Waals surface area contributed by atoms with E-state index in [1.165, 1.54) is 11.8 Å². The molecular formula is C13H19NO. The molecule has 3 N–H and O–H groups in total. The van der Waals surface area contributed by atoms with Crippen molar-refractivity contribution in [3.05, 3.63) is 41.7 Å². The summed E-state index contributed by atoms with van der Waals surface area (Å²) in [5.74, 6) is 0. The average Bonchev–Trinajstić information content (AvgIpc) is 2.27. The largest absolute Gasteiger partial charge is 0.515 e. The Morgan fingerprint density at radius 3 is 2.47 bits per heavy atom. The summed E-state index contributed by atoms with van der Waals surface area (Å²) in [6, 6.07) is 8.22. The first-order valence-electron chi connectivity index (χ1n) is 5.33. The zero-order valence-corrected chi connectivity index (χ0v) is 9.40. The van der Waals surface area contributed by atoms with Crippen LogP contribution in [-0.4, -0.2) is 11.1 Å². The fraction of sp³-hybridized carbons (Fsp3) is 0.385. The molecule has 0 aliphatic carbocycles. The van der Waals surface area contributed by atoms with Gasteiger partial charge in [-0.15, -0.1) is 0 Å². The number of aliphatic hydroxyl groups is 1. The summed E-state index contributed by atoms with van der Waals surface area (Å²) in [4.78, 5) is 0. The van der Waals surface area contributed by atoms with E-state index in [1.807, 2.05) is 31.2 Å². The van der Waals surface area contributed by atoms with E-state index in [2.05, 4.69) is 6.92 Å². The normalized spacial score (nSPS) is 13.9. The molecule has 0 heterocycles. The summed E-state index contributed by atoms with van der Waals surface area (Å²) >= 11 is 0. The third kappa shape index (κ3) is 3.40. The molecule has 1 aromatic carbocycles. The third-order valence-corrected chi connectivity index (χ3v) is 2.58. The van der Waals surface area contributed by atoms with Crippen molar-refractivity contribution in [2.45, 2.75) is 32.7 Å². The van der Waals surface area contributed by atoms with E-state index < -0.39 is 0 Å². The highest BCUT2D eigenvalue weighted by atomic mass is 16.2. The molecule has 0 amide bonds. The first-order chi connectivity index (χ1) is 7.17. The van der Waals surface area contributed by atoms with Crippen molar-refractivity contribution in [2.75, 3.05) is 0 Å². The molecule has 0 radical (unpaired) electrons. The van der Waals surface area contributed by atoms with Crippen LogP contribution in [0.15, 0.2) is 30.5 Å². The van der Waals surface area contributed by atoms with Crippen LogP contribution in [0.3, 0.4) is 0 Å². The summed E-state index contributed by atoms with van der Waals surface area (Å²) in [6.45, 7) is 4.10. The Labute approximate surface area is 91.4 Å². The molecule has 0 aliphatic heterocycles. The molecule has 0 aliphatic rings. The smallest absolute Gasteiger partial charge is 0.0830 e. The Kier molecular flexibility index (Phi) is 4.37. The fourth-order valence-electron chi connectivity index (χ4n) is 1.44. The molecule has 1 atom stereocenters. The lowest BCUT2D eigenvalue weighted by Gasteiger charge is -2.11. The summed E-state index contributed by atoms with van der Waals surface area (Å²) in [6.07, 6.45) is 2.81. The minimum atomic E-state index is 0.115. The highest BCUT2D eigenvalue weighted by Gasteiger charge is 2.06. The number of rotatable bonds is 4. The maximum atomic E-state index is 9.18. The van der Waals surface area contributed by atoms with E-state index in [0.29, 0.717) is 0 Å². The Bertz CT molecular complexity index is 327. The van der Waals surface area contributed by atoms with Crippen LogP contribution in [0.25, 0.3) is 5.57 Å². The quantitative estimate of drug-likeness (QED) is 0.742. The number of aliphatic hydroxyl groups excluding tert-OH is 1. The second-order valence-electron chi connectivity index (χ2n) is 3.89. The molecule has 0 saturated carbocycles. The van der Waals surface area contributed by atoms with Gasteiger partial charge >= 0.3 is 0 Å². The van der Waals surface area contributed by atoms with E-state index in [9.17, 15) is 5.11 Å². The van der Waals surface area contributed by atoms with Gasteiger partial charge in [0.1, 0.15) is 0 Å². The van der Waals surface area contributed by atoms with Crippen LogP contribution in [0.4, 0.5) is 0 Å². The summed E-state index contributed by atoms with van der Waals surface area (Å²) < 4.78 is 0. The topological polar surface area (TPSA) is 46.2 Å². The zero-order chi connectivity index (χ0) is 11.3. The van der Waals surface area contributed by atoms with Gasteiger partial charge in [-0.25, -0.2) is 0 Å². The summed E-state index contributed by atoms with van der Waals surface area (Å²) in [7, 11) is 0. The van der Waals surface area contributed by atoms with Crippen LogP contribution < -0.4 is 5.73 Å². The van der Waals surface area contributed by atoms with Crippen molar-refractivity contribution in [3.8, 4) is 0 Å². The third-order valence-electron chi connectivity index (χ3n) is 2.58. The molecule has 1 rings (SSSR count). The van der Waals surface area contributed by atoms with Gasteiger partial charge < -0.3 is 10.8 Å². The lowest BCUT2D eigenvalue weighted by Crippen LogP contribution is -2.18. The Balaban J connectivity index is 2.80. The molecule has 0 fully saturated rings. The maximum Gasteiger partial charge on any atom is 0.0830 e. The van der Waals surface area contributed by atoms with Gasteiger partial charge in [0, 0.05) is 6.04 Å².